The molecular formula is C20H12Cl3NO4. The van der Waals surface area contributed by atoms with E-state index >= 15 is 0 Å². The maximum Gasteiger partial charge on any atom is 0.337 e. The van der Waals surface area contributed by atoms with Crippen LogP contribution in [-0.2, 0) is 4.79 Å². The molecule has 0 aliphatic carbocycles. The van der Waals surface area contributed by atoms with Crippen LogP contribution in [0.1, 0.15) is 16.1 Å². The van der Waals surface area contributed by atoms with Gasteiger partial charge in [-0.25, -0.2) is 4.79 Å². The number of anilines is 1. The summed E-state index contributed by atoms with van der Waals surface area (Å²) in [7, 11) is 0. The molecule has 0 atom stereocenters. The molecule has 0 radical (unpaired) electrons. The van der Waals surface area contributed by atoms with E-state index < -0.39 is 11.9 Å². The zero-order chi connectivity index (χ0) is 20.3. The fraction of sp³-hybridized carbons (Fsp3) is 0. The molecular weight excluding hydrogens is 425 g/mol. The molecule has 1 heterocycles. The Hall–Kier alpha value is -2.73. The molecule has 1 amide bonds. The zero-order valence-electron chi connectivity index (χ0n) is 14.1. The molecule has 3 aromatic rings. The zero-order valence-corrected chi connectivity index (χ0v) is 16.3. The predicted octanol–water partition coefficient (Wildman–Crippen LogP) is 6.26. The van der Waals surface area contributed by atoms with Gasteiger partial charge in [-0.1, -0.05) is 34.8 Å². The van der Waals surface area contributed by atoms with Crippen molar-refractivity contribution in [1.29, 1.82) is 0 Å². The van der Waals surface area contributed by atoms with Crippen molar-refractivity contribution < 1.29 is 19.1 Å². The standard InChI is InChI=1S/C20H12Cl3NO4/c21-11-1-5-14(17(23)9-11)18-7-3-13(28-18)4-8-19(25)24-12-2-6-16(22)15(10-12)20(26)27/h1-10H,(H,24,25)(H,26,27)/b8-4+. The Bertz CT molecular complexity index is 1090. The van der Waals surface area contributed by atoms with Crippen LogP contribution in [0.5, 0.6) is 0 Å². The summed E-state index contributed by atoms with van der Waals surface area (Å²) in [6.07, 6.45) is 2.75. The molecule has 5 nitrogen and oxygen atoms in total. The summed E-state index contributed by atoms with van der Waals surface area (Å²) in [5, 5.41) is 12.7. The van der Waals surface area contributed by atoms with Crippen LogP contribution in [0.4, 0.5) is 5.69 Å². The van der Waals surface area contributed by atoms with Crippen molar-refractivity contribution >= 4 is 58.4 Å². The van der Waals surface area contributed by atoms with Crippen molar-refractivity contribution in [3.05, 3.63) is 81.0 Å². The van der Waals surface area contributed by atoms with Gasteiger partial charge in [-0.2, -0.15) is 0 Å². The summed E-state index contributed by atoms with van der Waals surface area (Å²) < 4.78 is 5.67. The summed E-state index contributed by atoms with van der Waals surface area (Å²) in [4.78, 5) is 23.2. The maximum atomic E-state index is 12.1. The summed E-state index contributed by atoms with van der Waals surface area (Å²) in [6.45, 7) is 0. The van der Waals surface area contributed by atoms with E-state index in [1.807, 2.05) is 0 Å². The lowest BCUT2D eigenvalue weighted by Crippen LogP contribution is -2.09. The molecule has 0 saturated heterocycles. The number of furan rings is 1. The van der Waals surface area contributed by atoms with E-state index in [0.29, 0.717) is 32.8 Å². The van der Waals surface area contributed by atoms with Gasteiger partial charge in [0.25, 0.3) is 0 Å². The smallest absolute Gasteiger partial charge is 0.337 e. The number of carboxylic acids is 1. The van der Waals surface area contributed by atoms with Crippen LogP contribution >= 0.6 is 34.8 Å². The third kappa shape index (κ3) is 4.75. The number of halogens is 3. The fourth-order valence-electron chi connectivity index (χ4n) is 2.39. The molecule has 0 fully saturated rings. The van der Waals surface area contributed by atoms with Gasteiger partial charge in [-0.3, -0.25) is 4.79 Å². The van der Waals surface area contributed by atoms with Crippen molar-refractivity contribution in [2.45, 2.75) is 0 Å². The van der Waals surface area contributed by atoms with Crippen LogP contribution in [-0.4, -0.2) is 17.0 Å². The molecule has 0 bridgehead atoms. The number of rotatable bonds is 5. The Morgan fingerprint density at radius 1 is 0.964 bits per heavy atom. The number of carboxylic acid groups (broad SMARTS) is 1. The molecule has 0 spiro atoms. The van der Waals surface area contributed by atoms with Gasteiger partial charge in [0.05, 0.1) is 15.6 Å². The molecule has 8 heteroatoms. The molecule has 3 rings (SSSR count). The lowest BCUT2D eigenvalue weighted by Gasteiger charge is -2.05. The molecule has 0 aliphatic rings. The minimum Gasteiger partial charge on any atom is -0.478 e. The minimum absolute atomic E-state index is 0.0880. The lowest BCUT2D eigenvalue weighted by molar-refractivity contribution is -0.111. The summed E-state index contributed by atoms with van der Waals surface area (Å²) in [6, 6.07) is 12.7. The minimum atomic E-state index is -1.18. The van der Waals surface area contributed by atoms with Crippen LogP contribution in [0.15, 0.2) is 59.0 Å². The highest BCUT2D eigenvalue weighted by Gasteiger charge is 2.11. The van der Waals surface area contributed by atoms with Crippen LogP contribution in [0.2, 0.25) is 15.1 Å². The van der Waals surface area contributed by atoms with E-state index in [0.717, 1.165) is 0 Å². The van der Waals surface area contributed by atoms with Crippen molar-refractivity contribution in [2.75, 3.05) is 5.32 Å². The van der Waals surface area contributed by atoms with E-state index in [4.69, 9.17) is 44.3 Å². The molecule has 2 N–H and O–H groups in total. The highest BCUT2D eigenvalue weighted by Crippen LogP contribution is 2.31. The van der Waals surface area contributed by atoms with Crippen LogP contribution in [0.25, 0.3) is 17.4 Å². The lowest BCUT2D eigenvalue weighted by atomic mass is 10.2. The monoisotopic (exact) mass is 435 g/mol. The normalized spacial score (nSPS) is 11.0. The first kappa shape index (κ1) is 20.0. The van der Waals surface area contributed by atoms with Gasteiger partial charge >= 0.3 is 5.97 Å². The molecule has 0 aliphatic heterocycles. The van der Waals surface area contributed by atoms with Gasteiger partial charge in [-0.15, -0.1) is 0 Å². The number of carbonyl (C=O) groups excluding carboxylic acids is 1. The average molecular weight is 437 g/mol. The van der Waals surface area contributed by atoms with Gasteiger partial charge < -0.3 is 14.8 Å². The second-order valence-corrected chi connectivity index (χ2v) is 6.90. The number of benzene rings is 2. The summed E-state index contributed by atoms with van der Waals surface area (Å²) in [5.41, 5.74) is 0.890. The van der Waals surface area contributed by atoms with Crippen molar-refractivity contribution in [3.63, 3.8) is 0 Å². The molecule has 28 heavy (non-hydrogen) atoms. The highest BCUT2D eigenvalue weighted by atomic mass is 35.5. The second-order valence-electron chi connectivity index (χ2n) is 5.65. The number of aromatic carboxylic acids is 1. The third-order valence-corrected chi connectivity index (χ3v) is 4.56. The van der Waals surface area contributed by atoms with E-state index in [2.05, 4.69) is 5.32 Å². The van der Waals surface area contributed by atoms with Crippen LogP contribution < -0.4 is 5.32 Å². The quantitative estimate of drug-likeness (QED) is 0.463. The van der Waals surface area contributed by atoms with Crippen LogP contribution in [0, 0.1) is 0 Å². The Morgan fingerprint density at radius 3 is 2.46 bits per heavy atom. The first-order valence-electron chi connectivity index (χ1n) is 7.90. The third-order valence-electron chi connectivity index (χ3n) is 3.69. The van der Waals surface area contributed by atoms with E-state index in [1.165, 1.54) is 30.4 Å². The maximum absolute atomic E-state index is 12.1. The number of hydrogen-bond acceptors (Lipinski definition) is 3. The molecule has 1 aromatic heterocycles. The molecule has 2 aromatic carbocycles. The van der Waals surface area contributed by atoms with Crippen molar-refractivity contribution in [2.24, 2.45) is 0 Å². The SMILES string of the molecule is O=C(/C=C/c1ccc(-c2ccc(Cl)cc2Cl)o1)Nc1ccc(Cl)c(C(=O)O)c1. The predicted molar refractivity (Wildman–Crippen MR) is 110 cm³/mol. The van der Waals surface area contributed by atoms with Gasteiger partial charge in [0.2, 0.25) is 5.91 Å². The highest BCUT2D eigenvalue weighted by molar-refractivity contribution is 6.36. The molecule has 142 valence electrons. The van der Waals surface area contributed by atoms with Gasteiger partial charge in [0.15, 0.2) is 0 Å². The van der Waals surface area contributed by atoms with E-state index in [-0.39, 0.29) is 10.6 Å². The van der Waals surface area contributed by atoms with E-state index in [9.17, 15) is 9.59 Å². The Balaban J connectivity index is 1.71. The Kier molecular flexibility index (Phi) is 6.09. The summed E-state index contributed by atoms with van der Waals surface area (Å²) >= 11 is 17.9. The van der Waals surface area contributed by atoms with Crippen molar-refractivity contribution in [1.82, 2.24) is 0 Å². The Labute approximate surface area is 175 Å². The molecule has 0 unspecified atom stereocenters. The fourth-order valence-corrected chi connectivity index (χ4v) is 3.09. The number of amides is 1. The van der Waals surface area contributed by atoms with Gasteiger partial charge in [-0.05, 0) is 54.6 Å². The largest absolute Gasteiger partial charge is 0.478 e. The van der Waals surface area contributed by atoms with E-state index in [1.54, 1.807) is 30.3 Å². The first-order chi connectivity index (χ1) is 13.3. The summed E-state index contributed by atoms with van der Waals surface area (Å²) in [5.74, 6) is -0.661. The topological polar surface area (TPSA) is 79.5 Å². The second kappa shape index (κ2) is 8.52. The Morgan fingerprint density at radius 2 is 1.75 bits per heavy atom. The number of carbonyl (C=O) groups is 2. The van der Waals surface area contributed by atoms with Crippen LogP contribution in [0.3, 0.4) is 0 Å². The molecule has 0 saturated carbocycles. The first-order valence-corrected chi connectivity index (χ1v) is 9.04. The number of hydrogen-bond donors (Lipinski definition) is 2. The van der Waals surface area contributed by atoms with Gasteiger partial charge in [0, 0.05) is 22.3 Å². The van der Waals surface area contributed by atoms with Crippen molar-refractivity contribution in [3.8, 4) is 11.3 Å². The average Bonchev–Trinajstić information content (AvgIpc) is 3.10. The van der Waals surface area contributed by atoms with Gasteiger partial charge in [0.1, 0.15) is 11.5 Å². The number of nitrogens with one attached hydrogen (secondary N) is 1.